The molecule has 22 heavy (non-hydrogen) atoms. The molecular weight excluding hydrogens is 323 g/mol. The summed E-state index contributed by atoms with van der Waals surface area (Å²) in [6.45, 7) is 6.36. The molecule has 1 aromatic heterocycles. The van der Waals surface area contributed by atoms with Gasteiger partial charge in [0.15, 0.2) is 0 Å². The molecule has 0 aliphatic heterocycles. The van der Waals surface area contributed by atoms with Gasteiger partial charge in [-0.3, -0.25) is 4.79 Å². The number of carbonyl (C=O) groups excluding carboxylic acids is 1. The molecule has 0 amide bonds. The topological polar surface area (TPSA) is 44.1 Å². The normalized spacial score (nSPS) is 10.8. The number of hydrogen-bond acceptors (Lipinski definition) is 3. The molecule has 0 aliphatic carbocycles. The maximum Gasteiger partial charge on any atom is 0.223 e. The summed E-state index contributed by atoms with van der Waals surface area (Å²) in [4.78, 5) is 12.8. The Bertz CT molecular complexity index is 723. The van der Waals surface area contributed by atoms with Gasteiger partial charge in [0.2, 0.25) is 11.7 Å². The van der Waals surface area contributed by atoms with Crippen LogP contribution in [0.4, 0.5) is 0 Å². The van der Waals surface area contributed by atoms with Gasteiger partial charge in [0.1, 0.15) is 5.56 Å². The van der Waals surface area contributed by atoms with E-state index in [0.29, 0.717) is 39.2 Å². The van der Waals surface area contributed by atoms with Crippen LogP contribution in [0.25, 0.3) is 0 Å². The molecule has 0 bridgehead atoms. The van der Waals surface area contributed by atoms with E-state index in [4.69, 9.17) is 27.9 Å². The lowest BCUT2D eigenvalue weighted by Gasteiger charge is -2.11. The molecule has 0 radical (unpaired) electrons. The van der Waals surface area contributed by atoms with Crippen molar-refractivity contribution in [2.45, 2.75) is 33.7 Å². The Morgan fingerprint density at radius 2 is 1.95 bits per heavy atom. The molecule has 6 heteroatoms. The van der Waals surface area contributed by atoms with E-state index >= 15 is 0 Å². The van der Waals surface area contributed by atoms with E-state index in [-0.39, 0.29) is 5.78 Å². The van der Waals surface area contributed by atoms with Crippen LogP contribution in [0.3, 0.4) is 0 Å². The number of ketones is 1. The van der Waals surface area contributed by atoms with Crippen molar-refractivity contribution in [3.8, 4) is 5.88 Å². The third kappa shape index (κ3) is 2.85. The zero-order valence-electron chi connectivity index (χ0n) is 13.0. The highest BCUT2D eigenvalue weighted by molar-refractivity contribution is 6.39. The lowest BCUT2D eigenvalue weighted by molar-refractivity contribution is 0.103. The summed E-state index contributed by atoms with van der Waals surface area (Å²) < 4.78 is 7.02. The molecule has 0 fully saturated rings. The molecule has 1 heterocycles. The van der Waals surface area contributed by atoms with E-state index in [1.807, 2.05) is 13.8 Å². The van der Waals surface area contributed by atoms with Crippen LogP contribution in [0, 0.1) is 13.8 Å². The number of hydrogen-bond donors (Lipinski definition) is 0. The number of carbonyl (C=O) groups is 1. The maximum absolute atomic E-state index is 12.8. The fourth-order valence-electron chi connectivity index (χ4n) is 2.36. The van der Waals surface area contributed by atoms with Gasteiger partial charge in [-0.2, -0.15) is 5.10 Å². The zero-order valence-corrected chi connectivity index (χ0v) is 14.5. The minimum atomic E-state index is -0.216. The molecule has 118 valence electrons. The molecule has 2 rings (SSSR count). The summed E-state index contributed by atoms with van der Waals surface area (Å²) in [5.74, 6) is 0.236. The largest absolute Gasteiger partial charge is 0.481 e. The zero-order chi connectivity index (χ0) is 16.4. The Morgan fingerprint density at radius 1 is 1.27 bits per heavy atom. The van der Waals surface area contributed by atoms with Gasteiger partial charge in [0.25, 0.3) is 0 Å². The van der Waals surface area contributed by atoms with E-state index in [1.54, 1.807) is 17.7 Å². The van der Waals surface area contributed by atoms with Crippen LogP contribution >= 0.6 is 23.2 Å². The van der Waals surface area contributed by atoms with Crippen molar-refractivity contribution in [3.63, 3.8) is 0 Å². The van der Waals surface area contributed by atoms with Gasteiger partial charge in [-0.1, -0.05) is 30.1 Å². The molecule has 0 aliphatic rings. The predicted octanol–water partition coefficient (Wildman–Crippen LogP) is 4.46. The summed E-state index contributed by atoms with van der Waals surface area (Å²) in [6.07, 6.45) is 2.41. The Hall–Kier alpha value is -1.52. The third-order valence-electron chi connectivity index (χ3n) is 3.51. The predicted molar refractivity (Wildman–Crippen MR) is 88.4 cm³/mol. The number of aryl methyl sites for hydroxylation is 2. The molecule has 4 nitrogen and oxygen atoms in total. The summed E-state index contributed by atoms with van der Waals surface area (Å²) >= 11 is 12.5. The lowest BCUT2D eigenvalue weighted by atomic mass is 10.0. The van der Waals surface area contributed by atoms with Crippen LogP contribution < -0.4 is 4.74 Å². The number of rotatable bonds is 5. The molecule has 0 N–H and O–H groups in total. The van der Waals surface area contributed by atoms with Crippen LogP contribution in [0.5, 0.6) is 5.88 Å². The first-order valence-electron chi connectivity index (χ1n) is 7.02. The molecule has 0 saturated carbocycles. The molecule has 1 aromatic carbocycles. The first-order valence-corrected chi connectivity index (χ1v) is 7.77. The van der Waals surface area contributed by atoms with Gasteiger partial charge >= 0.3 is 0 Å². The molecule has 0 saturated heterocycles. The average molecular weight is 341 g/mol. The van der Waals surface area contributed by atoms with E-state index in [2.05, 4.69) is 5.10 Å². The van der Waals surface area contributed by atoms with Crippen molar-refractivity contribution in [1.29, 1.82) is 0 Å². The minimum Gasteiger partial charge on any atom is -0.481 e. The average Bonchev–Trinajstić information content (AvgIpc) is 2.91. The quantitative estimate of drug-likeness (QED) is 0.755. The molecule has 2 aromatic rings. The van der Waals surface area contributed by atoms with Crippen molar-refractivity contribution in [2.24, 2.45) is 0 Å². The monoisotopic (exact) mass is 340 g/mol. The van der Waals surface area contributed by atoms with Crippen LogP contribution in [-0.4, -0.2) is 22.7 Å². The molecular formula is C16H18Cl2N2O2. The fraction of sp³-hybridized carbons (Fsp3) is 0.375. The van der Waals surface area contributed by atoms with E-state index in [0.717, 1.165) is 12.0 Å². The highest BCUT2D eigenvalue weighted by atomic mass is 35.5. The second kappa shape index (κ2) is 6.71. The van der Waals surface area contributed by atoms with Gasteiger partial charge in [-0.05, 0) is 37.5 Å². The van der Waals surface area contributed by atoms with Gasteiger partial charge in [-0.25, -0.2) is 4.68 Å². The number of halogens is 2. The van der Waals surface area contributed by atoms with Crippen LogP contribution in [0.2, 0.25) is 10.0 Å². The van der Waals surface area contributed by atoms with Gasteiger partial charge in [-0.15, -0.1) is 0 Å². The van der Waals surface area contributed by atoms with E-state index in [1.165, 1.54) is 13.3 Å². The van der Waals surface area contributed by atoms with Crippen molar-refractivity contribution >= 4 is 29.0 Å². The lowest BCUT2D eigenvalue weighted by Crippen LogP contribution is -2.07. The summed E-state index contributed by atoms with van der Waals surface area (Å²) in [5.41, 5.74) is 2.33. The Kier molecular flexibility index (Phi) is 5.14. The van der Waals surface area contributed by atoms with Crippen LogP contribution in [0.15, 0.2) is 12.3 Å². The van der Waals surface area contributed by atoms with Crippen LogP contribution in [-0.2, 0) is 6.54 Å². The Balaban J connectivity index is 2.54. The first kappa shape index (κ1) is 16.8. The highest BCUT2D eigenvalue weighted by Gasteiger charge is 2.23. The molecule has 0 spiro atoms. The first-order chi connectivity index (χ1) is 10.4. The summed E-state index contributed by atoms with van der Waals surface area (Å²) in [5, 5.41) is 5.16. The second-order valence-electron chi connectivity index (χ2n) is 5.11. The molecule has 0 unspecified atom stereocenters. The molecule has 0 atom stereocenters. The van der Waals surface area contributed by atoms with Crippen molar-refractivity contribution in [1.82, 2.24) is 9.78 Å². The van der Waals surface area contributed by atoms with Crippen LogP contribution in [0.1, 0.15) is 40.4 Å². The van der Waals surface area contributed by atoms with Gasteiger partial charge in [0, 0.05) is 17.1 Å². The number of nitrogens with zero attached hydrogens (tertiary/aromatic N) is 2. The van der Waals surface area contributed by atoms with Gasteiger partial charge in [0.05, 0.1) is 18.3 Å². The summed E-state index contributed by atoms with van der Waals surface area (Å²) in [7, 11) is 1.53. The van der Waals surface area contributed by atoms with Crippen molar-refractivity contribution in [2.75, 3.05) is 7.11 Å². The second-order valence-corrected chi connectivity index (χ2v) is 5.87. The highest BCUT2D eigenvalue weighted by Crippen LogP contribution is 2.33. The van der Waals surface area contributed by atoms with Crippen molar-refractivity contribution in [3.05, 3.63) is 44.6 Å². The smallest absolute Gasteiger partial charge is 0.223 e. The standard InChI is InChI=1S/C16H18Cl2N2O2/c1-5-6-20-16(22-4)12(8-19-20)15(21)11-7-9(2)13(17)10(3)14(11)18/h7-8H,5-6H2,1-4H3. The Labute approximate surface area is 140 Å². The third-order valence-corrected chi connectivity index (χ3v) is 4.58. The Morgan fingerprint density at radius 3 is 2.55 bits per heavy atom. The number of aromatic nitrogens is 2. The SMILES string of the molecule is CCCn1ncc(C(=O)c2cc(C)c(Cl)c(C)c2Cl)c1OC. The maximum atomic E-state index is 12.8. The number of benzene rings is 1. The van der Waals surface area contributed by atoms with E-state index < -0.39 is 0 Å². The van der Waals surface area contributed by atoms with Crippen molar-refractivity contribution < 1.29 is 9.53 Å². The minimum absolute atomic E-state index is 0.216. The van der Waals surface area contributed by atoms with Gasteiger partial charge < -0.3 is 4.74 Å². The fourth-order valence-corrected chi connectivity index (χ4v) is 2.80. The van der Waals surface area contributed by atoms with E-state index in [9.17, 15) is 4.79 Å². The number of methoxy groups -OCH3 is 1. The summed E-state index contributed by atoms with van der Waals surface area (Å²) in [6, 6.07) is 1.70. The number of ether oxygens (including phenoxy) is 1.